The van der Waals surface area contributed by atoms with Crippen LogP contribution >= 0.6 is 0 Å². The molecule has 0 fully saturated rings. The SMILES string of the molecule is COc1ccc(N)cc1.COc1ccc([N+](=O)[O-])cc1.O=[N+]([O-])c1ccc(F)cc1. The molecule has 3 rings (SSSR count). The smallest absolute Gasteiger partial charge is 0.269 e. The predicted octanol–water partition coefficient (Wildman–Crippen LogP) is 4.61. The summed E-state index contributed by atoms with van der Waals surface area (Å²) in [7, 11) is 3.15. The first-order valence-corrected chi connectivity index (χ1v) is 8.34. The topological polar surface area (TPSA) is 131 Å². The van der Waals surface area contributed by atoms with E-state index in [1.165, 1.54) is 19.2 Å². The van der Waals surface area contributed by atoms with Gasteiger partial charge in [0.05, 0.1) is 24.1 Å². The van der Waals surface area contributed by atoms with Crippen LogP contribution < -0.4 is 15.2 Å². The van der Waals surface area contributed by atoms with Gasteiger partial charge in [-0.3, -0.25) is 20.2 Å². The zero-order chi connectivity index (χ0) is 22.5. The van der Waals surface area contributed by atoms with Gasteiger partial charge in [-0.05, 0) is 48.5 Å². The van der Waals surface area contributed by atoms with Crippen molar-refractivity contribution in [1.29, 1.82) is 0 Å². The number of benzene rings is 3. The fourth-order valence-corrected chi connectivity index (χ4v) is 1.87. The number of methoxy groups -OCH3 is 2. The standard InChI is InChI=1S/C7H7NO3.C7H9NO.C6H4FNO2/c1-11-7-4-2-6(3-5-7)8(9)10;1-9-7-4-2-6(8)3-5-7;7-5-1-3-6(4-2-5)8(9)10/h2-5H,1H3;2-5H,8H2,1H3;1-4H. The van der Waals surface area contributed by atoms with E-state index in [0.717, 1.165) is 35.7 Å². The van der Waals surface area contributed by atoms with Crippen LogP contribution in [0.25, 0.3) is 0 Å². The van der Waals surface area contributed by atoms with Gasteiger partial charge in [-0.25, -0.2) is 4.39 Å². The number of hydrogen-bond donors (Lipinski definition) is 1. The molecule has 3 aromatic rings. The second kappa shape index (κ2) is 12.3. The number of nitrogens with zero attached hydrogens (tertiary/aromatic N) is 2. The Morgan fingerprint density at radius 2 is 1.03 bits per heavy atom. The summed E-state index contributed by atoms with van der Waals surface area (Å²) >= 11 is 0. The van der Waals surface area contributed by atoms with Gasteiger partial charge in [0, 0.05) is 30.0 Å². The van der Waals surface area contributed by atoms with Crippen molar-refractivity contribution in [2.24, 2.45) is 0 Å². The van der Waals surface area contributed by atoms with Gasteiger partial charge in [-0.1, -0.05) is 0 Å². The number of anilines is 1. The lowest BCUT2D eigenvalue weighted by atomic mass is 10.3. The molecule has 0 aliphatic carbocycles. The Balaban J connectivity index is 0.000000226. The minimum atomic E-state index is -0.570. The molecule has 0 radical (unpaired) electrons. The number of nitrogens with two attached hydrogens (primary N) is 1. The van der Waals surface area contributed by atoms with Gasteiger partial charge >= 0.3 is 0 Å². The lowest BCUT2D eigenvalue weighted by molar-refractivity contribution is -0.385. The van der Waals surface area contributed by atoms with Gasteiger partial charge < -0.3 is 15.2 Å². The van der Waals surface area contributed by atoms with Crippen LogP contribution in [-0.2, 0) is 0 Å². The number of nitro groups is 2. The highest BCUT2D eigenvalue weighted by atomic mass is 19.1. The second-order valence-corrected chi connectivity index (χ2v) is 5.46. The van der Waals surface area contributed by atoms with E-state index in [2.05, 4.69) is 0 Å². The lowest BCUT2D eigenvalue weighted by Crippen LogP contribution is -1.87. The molecule has 0 saturated heterocycles. The maximum Gasteiger partial charge on any atom is 0.269 e. The van der Waals surface area contributed by atoms with Crippen LogP contribution in [0.2, 0.25) is 0 Å². The van der Waals surface area contributed by atoms with E-state index in [9.17, 15) is 24.6 Å². The summed E-state index contributed by atoms with van der Waals surface area (Å²) in [5.41, 5.74) is 6.16. The third-order valence-electron chi connectivity index (χ3n) is 3.44. The first kappa shape index (κ1) is 23.8. The molecule has 0 amide bonds. The lowest BCUT2D eigenvalue weighted by Gasteiger charge is -1.97. The number of nitrogen functional groups attached to an aromatic ring is 1. The zero-order valence-corrected chi connectivity index (χ0v) is 16.2. The van der Waals surface area contributed by atoms with Gasteiger partial charge in [0.25, 0.3) is 11.4 Å². The van der Waals surface area contributed by atoms with Crippen LogP contribution in [0.3, 0.4) is 0 Å². The number of ether oxygens (including phenoxy) is 2. The fourth-order valence-electron chi connectivity index (χ4n) is 1.87. The minimum absolute atomic E-state index is 0.0748. The van der Waals surface area contributed by atoms with E-state index in [1.807, 2.05) is 12.1 Å². The Bertz CT molecular complexity index is 932. The van der Waals surface area contributed by atoms with E-state index < -0.39 is 15.7 Å². The Kier molecular flexibility index (Phi) is 9.76. The molecule has 0 bridgehead atoms. The van der Waals surface area contributed by atoms with Crippen LogP contribution in [0.15, 0.2) is 72.8 Å². The van der Waals surface area contributed by atoms with Crippen LogP contribution in [0.4, 0.5) is 21.5 Å². The maximum absolute atomic E-state index is 12.1. The Morgan fingerprint density at radius 3 is 1.37 bits per heavy atom. The molecule has 3 aromatic carbocycles. The predicted molar refractivity (Wildman–Crippen MR) is 110 cm³/mol. The maximum atomic E-state index is 12.1. The molecule has 2 N–H and O–H groups in total. The first-order chi connectivity index (χ1) is 14.3. The van der Waals surface area contributed by atoms with E-state index >= 15 is 0 Å². The van der Waals surface area contributed by atoms with Crippen molar-refractivity contribution in [2.45, 2.75) is 0 Å². The van der Waals surface area contributed by atoms with Crippen molar-refractivity contribution in [3.05, 3.63) is 98.8 Å². The highest BCUT2D eigenvalue weighted by molar-refractivity contribution is 5.41. The summed E-state index contributed by atoms with van der Waals surface area (Å²) in [4.78, 5) is 19.1. The van der Waals surface area contributed by atoms with E-state index in [-0.39, 0.29) is 11.4 Å². The Morgan fingerprint density at radius 1 is 0.700 bits per heavy atom. The van der Waals surface area contributed by atoms with Crippen molar-refractivity contribution in [1.82, 2.24) is 0 Å². The molecule has 10 heteroatoms. The average molecular weight is 417 g/mol. The summed E-state index contributed by atoms with van der Waals surface area (Å²) in [6.07, 6.45) is 0. The van der Waals surface area contributed by atoms with Crippen LogP contribution in [0, 0.1) is 26.0 Å². The van der Waals surface area contributed by atoms with Gasteiger partial charge in [0.2, 0.25) is 0 Å². The third kappa shape index (κ3) is 8.65. The van der Waals surface area contributed by atoms with Crippen LogP contribution in [0.5, 0.6) is 11.5 Å². The van der Waals surface area contributed by atoms with Crippen LogP contribution in [-0.4, -0.2) is 24.1 Å². The summed E-state index contributed by atoms with van der Waals surface area (Å²) in [5, 5.41) is 20.2. The quantitative estimate of drug-likeness (QED) is 0.372. The van der Waals surface area contributed by atoms with Gasteiger partial charge in [0.15, 0.2) is 0 Å². The molecule has 158 valence electrons. The highest BCUT2D eigenvalue weighted by Gasteiger charge is 2.03. The summed E-state index contributed by atoms with van der Waals surface area (Å²) in [6.45, 7) is 0. The van der Waals surface area contributed by atoms with Crippen molar-refractivity contribution in [3.63, 3.8) is 0 Å². The third-order valence-corrected chi connectivity index (χ3v) is 3.44. The molecule has 0 atom stereocenters. The molecule has 0 heterocycles. The number of non-ortho nitro benzene ring substituents is 2. The van der Waals surface area contributed by atoms with Crippen molar-refractivity contribution >= 4 is 17.1 Å². The minimum Gasteiger partial charge on any atom is -0.497 e. The largest absolute Gasteiger partial charge is 0.497 e. The Hall–Kier alpha value is -4.21. The molecule has 0 spiro atoms. The van der Waals surface area contributed by atoms with Crippen molar-refractivity contribution in [3.8, 4) is 11.5 Å². The van der Waals surface area contributed by atoms with E-state index in [4.69, 9.17) is 15.2 Å². The van der Waals surface area contributed by atoms with Gasteiger partial charge in [-0.2, -0.15) is 0 Å². The van der Waals surface area contributed by atoms with E-state index in [1.54, 1.807) is 31.4 Å². The second-order valence-electron chi connectivity index (χ2n) is 5.46. The normalized spacial score (nSPS) is 9.17. The molecular weight excluding hydrogens is 397 g/mol. The molecule has 9 nitrogen and oxygen atoms in total. The number of hydrogen-bond acceptors (Lipinski definition) is 7. The number of rotatable bonds is 4. The molecule has 0 aliphatic heterocycles. The summed E-state index contributed by atoms with van der Waals surface area (Å²) < 4.78 is 21.9. The molecule has 0 aliphatic rings. The van der Waals surface area contributed by atoms with Gasteiger partial charge in [0.1, 0.15) is 17.3 Å². The monoisotopic (exact) mass is 417 g/mol. The summed E-state index contributed by atoms with van der Waals surface area (Å²) in [6, 6.07) is 17.5. The molecule has 0 unspecified atom stereocenters. The number of halogens is 1. The molecule has 30 heavy (non-hydrogen) atoms. The molecular formula is C20H20FN3O6. The molecule has 0 aromatic heterocycles. The average Bonchev–Trinajstić information content (AvgIpc) is 2.75. The van der Waals surface area contributed by atoms with Crippen molar-refractivity contribution in [2.75, 3.05) is 20.0 Å². The van der Waals surface area contributed by atoms with E-state index in [0.29, 0.717) is 5.75 Å². The number of nitro benzene ring substituents is 2. The van der Waals surface area contributed by atoms with Crippen molar-refractivity contribution < 1.29 is 23.7 Å². The fraction of sp³-hybridized carbons (Fsp3) is 0.100. The Labute approximate surface area is 171 Å². The zero-order valence-electron chi connectivity index (χ0n) is 16.2. The first-order valence-electron chi connectivity index (χ1n) is 8.34. The summed E-state index contributed by atoms with van der Waals surface area (Å²) in [5.74, 6) is 0.991. The van der Waals surface area contributed by atoms with Gasteiger partial charge in [-0.15, -0.1) is 0 Å². The molecule has 0 saturated carbocycles. The highest BCUT2D eigenvalue weighted by Crippen LogP contribution is 2.16. The van der Waals surface area contributed by atoms with Crippen LogP contribution in [0.1, 0.15) is 0 Å².